The summed E-state index contributed by atoms with van der Waals surface area (Å²) in [4.78, 5) is 21.5. The number of aromatic amines is 1. The summed E-state index contributed by atoms with van der Waals surface area (Å²) in [6.07, 6.45) is 1.78. The van der Waals surface area contributed by atoms with Crippen molar-refractivity contribution in [3.63, 3.8) is 0 Å². The lowest BCUT2D eigenvalue weighted by Gasteiger charge is -2.20. The smallest absolute Gasteiger partial charge is 0.222 e. The molecule has 2 heterocycles. The highest BCUT2D eigenvalue weighted by Gasteiger charge is 2.25. The fourth-order valence-electron chi connectivity index (χ4n) is 3.13. The van der Waals surface area contributed by atoms with Gasteiger partial charge in [-0.2, -0.15) is 0 Å². The molecule has 1 amide bonds. The number of nitrogens with one attached hydrogen (secondary N) is 3. The zero-order chi connectivity index (χ0) is 17.8. The second-order valence-electron chi connectivity index (χ2n) is 6.49. The molecule has 1 aliphatic rings. The van der Waals surface area contributed by atoms with Crippen LogP contribution in [0.3, 0.4) is 0 Å². The SMILES string of the molecule is COCC1CC(CN(C)C(=O)CCc2nc3ccc(F)cc3[nH]2)NN1. The summed E-state index contributed by atoms with van der Waals surface area (Å²) in [6.45, 7) is 1.28. The van der Waals surface area contributed by atoms with Gasteiger partial charge in [0.2, 0.25) is 5.91 Å². The van der Waals surface area contributed by atoms with E-state index < -0.39 is 0 Å². The number of carbonyl (C=O) groups excluding carboxylic acids is 1. The molecule has 25 heavy (non-hydrogen) atoms. The topological polar surface area (TPSA) is 82.3 Å². The number of rotatable bonds is 7. The van der Waals surface area contributed by atoms with E-state index >= 15 is 0 Å². The van der Waals surface area contributed by atoms with Crippen molar-refractivity contribution in [2.75, 3.05) is 27.3 Å². The zero-order valence-corrected chi connectivity index (χ0v) is 14.5. The van der Waals surface area contributed by atoms with Crippen molar-refractivity contribution in [3.05, 3.63) is 29.8 Å². The molecular formula is C17H24FN5O2. The lowest BCUT2D eigenvalue weighted by Crippen LogP contribution is -2.41. The number of benzene rings is 1. The Labute approximate surface area is 145 Å². The Morgan fingerprint density at radius 1 is 1.40 bits per heavy atom. The summed E-state index contributed by atoms with van der Waals surface area (Å²) in [5, 5.41) is 0. The number of halogens is 1. The minimum Gasteiger partial charge on any atom is -0.383 e. The number of aromatic nitrogens is 2. The van der Waals surface area contributed by atoms with E-state index in [4.69, 9.17) is 4.74 Å². The van der Waals surface area contributed by atoms with Crippen LogP contribution >= 0.6 is 0 Å². The molecule has 1 aromatic carbocycles. The Kier molecular flexibility index (Phi) is 5.62. The zero-order valence-electron chi connectivity index (χ0n) is 14.5. The predicted octanol–water partition coefficient (Wildman–Crippen LogP) is 0.975. The largest absolute Gasteiger partial charge is 0.383 e. The normalized spacial score (nSPS) is 20.3. The molecule has 0 radical (unpaired) electrons. The predicted molar refractivity (Wildman–Crippen MR) is 92.4 cm³/mol. The van der Waals surface area contributed by atoms with E-state index in [2.05, 4.69) is 20.8 Å². The van der Waals surface area contributed by atoms with Crippen LogP contribution < -0.4 is 10.9 Å². The molecule has 7 nitrogen and oxygen atoms in total. The number of ether oxygens (including phenoxy) is 1. The van der Waals surface area contributed by atoms with E-state index in [1.807, 2.05) is 7.05 Å². The highest BCUT2D eigenvalue weighted by atomic mass is 19.1. The number of nitrogens with zero attached hydrogens (tertiary/aromatic N) is 2. The maximum atomic E-state index is 13.2. The fraction of sp³-hybridized carbons (Fsp3) is 0.529. The second-order valence-corrected chi connectivity index (χ2v) is 6.49. The maximum absolute atomic E-state index is 13.2. The van der Waals surface area contributed by atoms with Gasteiger partial charge in [0.1, 0.15) is 11.6 Å². The summed E-state index contributed by atoms with van der Waals surface area (Å²) < 4.78 is 18.3. The van der Waals surface area contributed by atoms with Crippen molar-refractivity contribution in [2.24, 2.45) is 0 Å². The van der Waals surface area contributed by atoms with Crippen LogP contribution in [0.1, 0.15) is 18.7 Å². The highest BCUT2D eigenvalue weighted by molar-refractivity contribution is 5.77. The Hall–Kier alpha value is -2.03. The highest BCUT2D eigenvalue weighted by Crippen LogP contribution is 2.14. The van der Waals surface area contributed by atoms with Crippen molar-refractivity contribution in [2.45, 2.75) is 31.3 Å². The number of likely N-dealkylation sites (N-methyl/N-ethyl adjacent to an activating group) is 1. The molecular weight excluding hydrogens is 325 g/mol. The van der Waals surface area contributed by atoms with Crippen LogP contribution in [0.2, 0.25) is 0 Å². The van der Waals surface area contributed by atoms with Gasteiger partial charge in [-0.25, -0.2) is 9.37 Å². The molecule has 1 fully saturated rings. The van der Waals surface area contributed by atoms with Gasteiger partial charge in [0.05, 0.1) is 17.6 Å². The van der Waals surface area contributed by atoms with Crippen molar-refractivity contribution in [1.82, 2.24) is 25.7 Å². The Morgan fingerprint density at radius 3 is 3.00 bits per heavy atom. The first-order valence-corrected chi connectivity index (χ1v) is 8.43. The lowest BCUT2D eigenvalue weighted by molar-refractivity contribution is -0.130. The third kappa shape index (κ3) is 4.53. The van der Waals surface area contributed by atoms with Gasteiger partial charge in [-0.05, 0) is 24.6 Å². The Bertz CT molecular complexity index is 735. The number of H-pyrrole nitrogens is 1. The van der Waals surface area contributed by atoms with Crippen molar-refractivity contribution in [3.8, 4) is 0 Å². The molecule has 3 rings (SSSR count). The van der Waals surface area contributed by atoms with Crippen LogP contribution in [0, 0.1) is 5.82 Å². The average Bonchev–Trinajstić information content (AvgIpc) is 3.18. The molecule has 0 spiro atoms. The summed E-state index contributed by atoms with van der Waals surface area (Å²) in [5.41, 5.74) is 7.73. The lowest BCUT2D eigenvalue weighted by atomic mass is 10.1. The number of fused-ring (bicyclic) bond motifs is 1. The van der Waals surface area contributed by atoms with E-state index in [-0.39, 0.29) is 23.8 Å². The monoisotopic (exact) mass is 349 g/mol. The van der Waals surface area contributed by atoms with Gasteiger partial charge < -0.3 is 14.6 Å². The van der Waals surface area contributed by atoms with E-state index in [0.717, 1.165) is 6.42 Å². The van der Waals surface area contributed by atoms with E-state index in [9.17, 15) is 9.18 Å². The molecule has 3 N–H and O–H groups in total. The molecule has 0 saturated carbocycles. The summed E-state index contributed by atoms with van der Waals surface area (Å²) in [7, 11) is 3.48. The maximum Gasteiger partial charge on any atom is 0.222 e. The van der Waals surface area contributed by atoms with E-state index in [0.29, 0.717) is 42.9 Å². The summed E-state index contributed by atoms with van der Waals surface area (Å²) in [5.74, 6) is 0.453. The van der Waals surface area contributed by atoms with Gasteiger partial charge in [-0.15, -0.1) is 0 Å². The molecule has 2 aromatic rings. The van der Waals surface area contributed by atoms with Crippen LogP contribution in [-0.2, 0) is 16.0 Å². The Balaban J connectivity index is 1.48. The van der Waals surface area contributed by atoms with Gasteiger partial charge in [0.25, 0.3) is 0 Å². The molecule has 2 atom stereocenters. The number of amides is 1. The molecule has 1 aromatic heterocycles. The van der Waals surface area contributed by atoms with Gasteiger partial charge >= 0.3 is 0 Å². The van der Waals surface area contributed by atoms with E-state index in [1.165, 1.54) is 12.1 Å². The molecule has 136 valence electrons. The number of aryl methyl sites for hydroxylation is 1. The first kappa shape index (κ1) is 17.8. The third-order valence-corrected chi connectivity index (χ3v) is 4.42. The third-order valence-electron chi connectivity index (χ3n) is 4.42. The quantitative estimate of drug-likeness (QED) is 0.694. The standard InChI is InChI=1S/C17H24FN5O2/c1-23(9-12-8-13(10-25-2)22-21-12)17(24)6-5-16-19-14-4-3-11(18)7-15(14)20-16/h3-4,7,12-13,21-22H,5-6,8-10H2,1-2H3,(H,19,20). The number of methoxy groups -OCH3 is 1. The first-order chi connectivity index (χ1) is 12.0. The van der Waals surface area contributed by atoms with E-state index in [1.54, 1.807) is 18.1 Å². The van der Waals surface area contributed by atoms with Crippen molar-refractivity contribution in [1.29, 1.82) is 0 Å². The van der Waals surface area contributed by atoms with Gasteiger partial charge in [-0.3, -0.25) is 15.6 Å². The van der Waals surface area contributed by atoms with Crippen LogP contribution in [-0.4, -0.2) is 60.2 Å². The fourth-order valence-corrected chi connectivity index (χ4v) is 3.13. The van der Waals surface area contributed by atoms with Gasteiger partial charge in [-0.1, -0.05) is 0 Å². The van der Waals surface area contributed by atoms with Crippen LogP contribution in [0.25, 0.3) is 11.0 Å². The minimum absolute atomic E-state index is 0.0589. The number of hydrogen-bond acceptors (Lipinski definition) is 5. The molecule has 8 heteroatoms. The minimum atomic E-state index is -0.303. The van der Waals surface area contributed by atoms with Gasteiger partial charge in [0, 0.05) is 45.6 Å². The van der Waals surface area contributed by atoms with Crippen LogP contribution in [0.5, 0.6) is 0 Å². The molecule has 0 bridgehead atoms. The molecule has 2 unspecified atom stereocenters. The molecule has 0 aliphatic carbocycles. The number of carbonyl (C=O) groups is 1. The molecule has 1 aliphatic heterocycles. The second kappa shape index (κ2) is 7.90. The van der Waals surface area contributed by atoms with Gasteiger partial charge in [0.15, 0.2) is 0 Å². The average molecular weight is 349 g/mol. The number of hydrogen-bond donors (Lipinski definition) is 3. The molecule has 1 saturated heterocycles. The first-order valence-electron chi connectivity index (χ1n) is 8.43. The number of hydrazine groups is 1. The summed E-state index contributed by atoms with van der Waals surface area (Å²) in [6, 6.07) is 4.91. The Morgan fingerprint density at radius 2 is 2.20 bits per heavy atom. The summed E-state index contributed by atoms with van der Waals surface area (Å²) >= 11 is 0. The number of imidazole rings is 1. The van der Waals surface area contributed by atoms with Crippen LogP contribution in [0.4, 0.5) is 4.39 Å². The van der Waals surface area contributed by atoms with Crippen LogP contribution in [0.15, 0.2) is 18.2 Å². The van der Waals surface area contributed by atoms with Crippen molar-refractivity contribution >= 4 is 16.9 Å². The van der Waals surface area contributed by atoms with Crippen molar-refractivity contribution < 1.29 is 13.9 Å².